The first-order chi connectivity index (χ1) is 12.2. The Labute approximate surface area is 150 Å². The number of hydrogen-bond donors (Lipinski definition) is 1. The summed E-state index contributed by atoms with van der Waals surface area (Å²) in [7, 11) is 0. The number of nitrogens with one attached hydrogen (secondary N) is 1. The van der Waals surface area contributed by atoms with Crippen LogP contribution in [0.25, 0.3) is 5.69 Å². The highest BCUT2D eigenvalue weighted by molar-refractivity contribution is 7.15. The molecule has 25 heavy (non-hydrogen) atoms. The first-order valence-electron chi connectivity index (χ1n) is 8.41. The molecule has 0 aliphatic rings. The van der Waals surface area contributed by atoms with Crippen molar-refractivity contribution < 1.29 is 4.79 Å². The molecule has 0 bridgehead atoms. The van der Waals surface area contributed by atoms with Gasteiger partial charge in [0.05, 0.1) is 18.3 Å². The van der Waals surface area contributed by atoms with E-state index in [-0.39, 0.29) is 12.3 Å². The van der Waals surface area contributed by atoms with E-state index in [2.05, 4.69) is 34.5 Å². The smallest absolute Gasteiger partial charge is 0.230 e. The second-order valence-corrected chi connectivity index (χ2v) is 6.82. The number of carbonyl (C=O) groups is 1. The highest BCUT2D eigenvalue weighted by Crippen LogP contribution is 2.28. The zero-order valence-corrected chi connectivity index (χ0v) is 15.2. The molecule has 1 N–H and O–H groups in total. The van der Waals surface area contributed by atoms with Crippen molar-refractivity contribution in [3.63, 3.8) is 0 Å². The van der Waals surface area contributed by atoms with Gasteiger partial charge in [0.2, 0.25) is 11.0 Å². The normalized spacial score (nSPS) is 11.0. The molecule has 1 aromatic carbocycles. The molecule has 2 heterocycles. The van der Waals surface area contributed by atoms with Crippen molar-refractivity contribution in [2.75, 3.05) is 5.32 Å². The number of aromatic nitrogens is 4. The van der Waals surface area contributed by atoms with Gasteiger partial charge in [-0.2, -0.15) is 5.10 Å². The maximum atomic E-state index is 12.2. The Morgan fingerprint density at radius 2 is 1.96 bits per heavy atom. The summed E-state index contributed by atoms with van der Waals surface area (Å²) in [6, 6.07) is 9.81. The van der Waals surface area contributed by atoms with E-state index in [4.69, 9.17) is 0 Å². The lowest BCUT2D eigenvalue weighted by molar-refractivity contribution is -0.115. The van der Waals surface area contributed by atoms with Crippen LogP contribution >= 0.6 is 11.3 Å². The van der Waals surface area contributed by atoms with Crippen molar-refractivity contribution in [1.82, 2.24) is 20.0 Å². The molecular formula is C18H21N5OS. The summed E-state index contributed by atoms with van der Waals surface area (Å²) >= 11 is 1.46. The van der Waals surface area contributed by atoms with Gasteiger partial charge in [0.15, 0.2) is 0 Å². The van der Waals surface area contributed by atoms with E-state index in [1.165, 1.54) is 11.3 Å². The lowest BCUT2D eigenvalue weighted by atomic mass is 10.1. The van der Waals surface area contributed by atoms with Crippen molar-refractivity contribution in [3.8, 4) is 5.69 Å². The summed E-state index contributed by atoms with van der Waals surface area (Å²) in [4.78, 5) is 12.2. The van der Waals surface area contributed by atoms with Crippen LogP contribution in [0.4, 0.5) is 5.13 Å². The molecule has 0 saturated heterocycles. The molecule has 130 valence electrons. The predicted molar refractivity (Wildman–Crippen MR) is 99.1 cm³/mol. The van der Waals surface area contributed by atoms with Gasteiger partial charge in [0.25, 0.3) is 0 Å². The average Bonchev–Trinajstić information content (AvgIpc) is 3.27. The molecule has 0 unspecified atom stereocenters. The molecule has 2 aromatic heterocycles. The van der Waals surface area contributed by atoms with Crippen LogP contribution in [-0.2, 0) is 11.2 Å². The van der Waals surface area contributed by atoms with Gasteiger partial charge in [-0.1, -0.05) is 43.4 Å². The summed E-state index contributed by atoms with van der Waals surface area (Å²) in [5.41, 5.74) is 1.82. The standard InChI is InChI=1S/C18H21N5OS/c1-3-14(4-2)17-21-22-18(25-17)20-16(24)10-13-11-19-23(12-13)15-8-6-5-7-9-15/h5-9,11-12,14H,3-4,10H2,1-2H3,(H,20,22,24). The van der Waals surface area contributed by atoms with E-state index in [1.807, 2.05) is 36.5 Å². The Balaban J connectivity index is 1.61. The second kappa shape index (κ2) is 8.02. The minimum atomic E-state index is -0.111. The fraction of sp³-hybridized carbons (Fsp3) is 0.333. The Morgan fingerprint density at radius 3 is 2.68 bits per heavy atom. The van der Waals surface area contributed by atoms with Gasteiger partial charge in [-0.15, -0.1) is 10.2 Å². The van der Waals surface area contributed by atoms with Crippen LogP contribution in [0.3, 0.4) is 0 Å². The van der Waals surface area contributed by atoms with Crippen LogP contribution in [0.5, 0.6) is 0 Å². The molecule has 0 spiro atoms. The first kappa shape index (κ1) is 17.3. The SMILES string of the molecule is CCC(CC)c1nnc(NC(=O)Cc2cnn(-c3ccccc3)c2)s1. The van der Waals surface area contributed by atoms with Gasteiger partial charge < -0.3 is 5.32 Å². The van der Waals surface area contributed by atoms with E-state index in [1.54, 1.807) is 10.9 Å². The third-order valence-corrected chi connectivity index (χ3v) is 5.04. The molecule has 3 rings (SSSR count). The molecule has 0 radical (unpaired) electrons. The van der Waals surface area contributed by atoms with Gasteiger partial charge in [-0.3, -0.25) is 4.79 Å². The number of rotatable bonds is 7. The van der Waals surface area contributed by atoms with E-state index >= 15 is 0 Å². The molecule has 0 aliphatic carbocycles. The summed E-state index contributed by atoms with van der Waals surface area (Å²) in [5, 5.41) is 17.0. The minimum absolute atomic E-state index is 0.111. The van der Waals surface area contributed by atoms with Crippen molar-refractivity contribution in [1.29, 1.82) is 0 Å². The Hall–Kier alpha value is -2.54. The third-order valence-electron chi connectivity index (χ3n) is 4.04. The van der Waals surface area contributed by atoms with E-state index in [0.717, 1.165) is 29.1 Å². The first-order valence-corrected chi connectivity index (χ1v) is 9.23. The maximum Gasteiger partial charge on any atom is 0.230 e. The number of benzene rings is 1. The molecule has 1 amide bonds. The van der Waals surface area contributed by atoms with Crippen LogP contribution in [0, 0.1) is 0 Å². The van der Waals surface area contributed by atoms with Crippen molar-refractivity contribution in [3.05, 3.63) is 53.3 Å². The van der Waals surface area contributed by atoms with Crippen LogP contribution in [-0.4, -0.2) is 25.9 Å². The van der Waals surface area contributed by atoms with Crippen LogP contribution in [0.15, 0.2) is 42.7 Å². The summed E-state index contributed by atoms with van der Waals surface area (Å²) in [6.07, 6.45) is 5.88. The molecule has 6 nitrogen and oxygen atoms in total. The molecule has 0 aliphatic heterocycles. The molecular weight excluding hydrogens is 334 g/mol. The number of carbonyl (C=O) groups excluding carboxylic acids is 1. The highest BCUT2D eigenvalue weighted by atomic mass is 32.1. The van der Waals surface area contributed by atoms with E-state index in [9.17, 15) is 4.79 Å². The Morgan fingerprint density at radius 1 is 1.20 bits per heavy atom. The second-order valence-electron chi connectivity index (χ2n) is 5.81. The number of hydrogen-bond acceptors (Lipinski definition) is 5. The number of nitrogens with zero attached hydrogens (tertiary/aromatic N) is 4. The lowest BCUT2D eigenvalue weighted by Crippen LogP contribution is -2.13. The number of para-hydroxylation sites is 1. The van der Waals surface area contributed by atoms with Gasteiger partial charge in [-0.25, -0.2) is 4.68 Å². The zero-order valence-electron chi connectivity index (χ0n) is 14.3. The summed E-state index contributed by atoms with van der Waals surface area (Å²) in [5.74, 6) is 0.298. The Kier molecular flexibility index (Phi) is 5.55. The van der Waals surface area contributed by atoms with Crippen molar-refractivity contribution in [2.24, 2.45) is 0 Å². The molecule has 7 heteroatoms. The summed E-state index contributed by atoms with van der Waals surface area (Å²) in [6.45, 7) is 4.27. The predicted octanol–water partition coefficient (Wildman–Crippen LogP) is 3.81. The maximum absolute atomic E-state index is 12.2. The minimum Gasteiger partial charge on any atom is -0.300 e. The van der Waals surface area contributed by atoms with Gasteiger partial charge in [0.1, 0.15) is 5.01 Å². The molecule has 0 fully saturated rings. The third kappa shape index (κ3) is 4.30. The highest BCUT2D eigenvalue weighted by Gasteiger charge is 2.15. The van der Waals surface area contributed by atoms with E-state index < -0.39 is 0 Å². The van der Waals surface area contributed by atoms with Crippen LogP contribution < -0.4 is 5.32 Å². The van der Waals surface area contributed by atoms with Crippen molar-refractivity contribution in [2.45, 2.75) is 39.0 Å². The molecule has 3 aromatic rings. The van der Waals surface area contributed by atoms with E-state index in [0.29, 0.717) is 11.0 Å². The average molecular weight is 355 g/mol. The number of anilines is 1. The molecule has 0 saturated carbocycles. The quantitative estimate of drug-likeness (QED) is 0.699. The largest absolute Gasteiger partial charge is 0.300 e. The Bertz CT molecular complexity index is 823. The lowest BCUT2D eigenvalue weighted by Gasteiger charge is -2.05. The number of amides is 1. The van der Waals surface area contributed by atoms with Gasteiger partial charge in [-0.05, 0) is 30.5 Å². The fourth-order valence-electron chi connectivity index (χ4n) is 2.61. The zero-order chi connectivity index (χ0) is 17.6. The van der Waals surface area contributed by atoms with Crippen LogP contribution in [0.1, 0.15) is 43.2 Å². The van der Waals surface area contributed by atoms with Gasteiger partial charge >= 0.3 is 0 Å². The summed E-state index contributed by atoms with van der Waals surface area (Å²) < 4.78 is 1.76. The topological polar surface area (TPSA) is 72.7 Å². The molecule has 0 atom stereocenters. The van der Waals surface area contributed by atoms with Crippen LogP contribution in [0.2, 0.25) is 0 Å². The monoisotopic (exact) mass is 355 g/mol. The van der Waals surface area contributed by atoms with Gasteiger partial charge in [0, 0.05) is 12.1 Å². The fourth-order valence-corrected chi connectivity index (χ4v) is 3.64. The van der Waals surface area contributed by atoms with Crippen molar-refractivity contribution >= 4 is 22.4 Å².